The molecule has 1 aromatic heterocycles. The molecule has 2 aromatic rings. The molecule has 0 bridgehead atoms. The summed E-state index contributed by atoms with van der Waals surface area (Å²) in [5, 5.41) is 5.02. The van der Waals surface area contributed by atoms with E-state index in [1.165, 1.54) is 4.68 Å². The second-order valence-corrected chi connectivity index (χ2v) is 4.16. The van der Waals surface area contributed by atoms with Gasteiger partial charge in [-0.2, -0.15) is 5.10 Å². The van der Waals surface area contributed by atoms with Crippen LogP contribution in [-0.4, -0.2) is 16.1 Å². The van der Waals surface area contributed by atoms with Gasteiger partial charge in [0.15, 0.2) is 6.29 Å². The molecule has 82 valence electrons. The molecule has 0 radical (unpaired) electrons. The van der Waals surface area contributed by atoms with E-state index in [1.807, 2.05) is 6.92 Å². The van der Waals surface area contributed by atoms with Crippen molar-refractivity contribution in [3.05, 3.63) is 45.7 Å². The lowest BCUT2D eigenvalue weighted by atomic mass is 10.2. The molecule has 5 heteroatoms. The van der Waals surface area contributed by atoms with E-state index in [-0.39, 0.29) is 0 Å². The molecule has 0 N–H and O–H groups in total. The Labute approximate surface area is 103 Å². The van der Waals surface area contributed by atoms with Crippen molar-refractivity contribution in [1.29, 1.82) is 0 Å². The molecule has 0 fully saturated rings. The highest BCUT2D eigenvalue weighted by molar-refractivity contribution is 6.42. The lowest BCUT2D eigenvalue weighted by Gasteiger charge is -2.05. The first kappa shape index (κ1) is 11.2. The molecule has 0 spiro atoms. The summed E-state index contributed by atoms with van der Waals surface area (Å²) in [5.74, 6) is 0. The fraction of sp³-hybridized carbons (Fsp3) is 0.0909. The first-order valence-corrected chi connectivity index (χ1v) is 5.34. The van der Waals surface area contributed by atoms with Crippen LogP contribution in [0.25, 0.3) is 5.69 Å². The molecule has 1 aromatic carbocycles. The van der Waals surface area contributed by atoms with Gasteiger partial charge in [-0.25, -0.2) is 4.68 Å². The van der Waals surface area contributed by atoms with Gasteiger partial charge in [-0.15, -0.1) is 0 Å². The van der Waals surface area contributed by atoms with Gasteiger partial charge in [-0.3, -0.25) is 4.79 Å². The molecule has 0 unspecified atom stereocenters. The second-order valence-electron chi connectivity index (χ2n) is 3.34. The largest absolute Gasteiger partial charge is 0.296 e. The van der Waals surface area contributed by atoms with Gasteiger partial charge in [0.05, 0.1) is 21.9 Å². The first-order chi connectivity index (χ1) is 7.63. The fourth-order valence-electron chi connectivity index (χ4n) is 1.41. The Hall–Kier alpha value is -1.32. The number of halogens is 2. The quantitative estimate of drug-likeness (QED) is 0.771. The van der Waals surface area contributed by atoms with E-state index >= 15 is 0 Å². The van der Waals surface area contributed by atoms with E-state index in [0.717, 1.165) is 11.8 Å². The first-order valence-electron chi connectivity index (χ1n) is 4.58. The molecule has 2 rings (SSSR count). The Kier molecular flexibility index (Phi) is 2.99. The SMILES string of the molecule is Cc1cnn(-c2ccc(Cl)c(Cl)c2)c1C=O. The van der Waals surface area contributed by atoms with Gasteiger partial charge in [-0.05, 0) is 30.7 Å². The van der Waals surface area contributed by atoms with Crippen LogP contribution < -0.4 is 0 Å². The third-order valence-electron chi connectivity index (χ3n) is 2.26. The van der Waals surface area contributed by atoms with Gasteiger partial charge >= 0.3 is 0 Å². The smallest absolute Gasteiger partial charge is 0.168 e. The molecule has 0 aliphatic rings. The van der Waals surface area contributed by atoms with Crippen LogP contribution in [0.1, 0.15) is 16.1 Å². The van der Waals surface area contributed by atoms with Crippen LogP contribution >= 0.6 is 23.2 Å². The molecule has 0 aliphatic carbocycles. The zero-order valence-corrected chi connectivity index (χ0v) is 9.96. The number of aryl methyl sites for hydroxylation is 1. The highest BCUT2D eigenvalue weighted by Crippen LogP contribution is 2.25. The number of rotatable bonds is 2. The summed E-state index contributed by atoms with van der Waals surface area (Å²) in [7, 11) is 0. The van der Waals surface area contributed by atoms with Gasteiger partial charge in [0, 0.05) is 0 Å². The molecule has 1 heterocycles. The maximum atomic E-state index is 10.9. The third kappa shape index (κ3) is 1.84. The number of aldehydes is 1. The van der Waals surface area contributed by atoms with Crippen molar-refractivity contribution in [2.24, 2.45) is 0 Å². The predicted octanol–water partition coefficient (Wildman–Crippen LogP) is 3.30. The van der Waals surface area contributed by atoms with Crippen LogP contribution in [0.15, 0.2) is 24.4 Å². The molecule has 16 heavy (non-hydrogen) atoms. The minimum absolute atomic E-state index is 0.434. The summed E-state index contributed by atoms with van der Waals surface area (Å²) in [6.07, 6.45) is 2.40. The van der Waals surface area contributed by atoms with Crippen LogP contribution in [-0.2, 0) is 0 Å². The fourth-order valence-corrected chi connectivity index (χ4v) is 1.70. The Morgan fingerprint density at radius 1 is 1.31 bits per heavy atom. The third-order valence-corrected chi connectivity index (χ3v) is 3.00. The minimum Gasteiger partial charge on any atom is -0.296 e. The van der Waals surface area contributed by atoms with Crippen LogP contribution in [0.2, 0.25) is 10.0 Å². The summed E-state index contributed by atoms with van der Waals surface area (Å²) in [5.41, 5.74) is 2.05. The summed E-state index contributed by atoms with van der Waals surface area (Å²) in [6.45, 7) is 1.82. The van der Waals surface area contributed by atoms with Gasteiger partial charge < -0.3 is 0 Å². The lowest BCUT2D eigenvalue weighted by molar-refractivity contribution is 0.111. The summed E-state index contributed by atoms with van der Waals surface area (Å²) < 4.78 is 1.53. The van der Waals surface area contributed by atoms with Crippen molar-refractivity contribution in [2.75, 3.05) is 0 Å². The highest BCUT2D eigenvalue weighted by Gasteiger charge is 2.09. The number of hydrogen-bond acceptors (Lipinski definition) is 2. The molecular weight excluding hydrogens is 247 g/mol. The average Bonchev–Trinajstić information content (AvgIpc) is 2.63. The number of carbonyl (C=O) groups is 1. The van der Waals surface area contributed by atoms with Crippen LogP contribution in [0, 0.1) is 6.92 Å². The molecular formula is C11H8Cl2N2O. The molecule has 0 saturated carbocycles. The maximum Gasteiger partial charge on any atom is 0.168 e. The van der Waals surface area contributed by atoms with E-state index < -0.39 is 0 Å². The summed E-state index contributed by atoms with van der Waals surface area (Å²) >= 11 is 11.7. The van der Waals surface area contributed by atoms with Gasteiger partial charge in [0.1, 0.15) is 5.69 Å². The van der Waals surface area contributed by atoms with Gasteiger partial charge in [0.25, 0.3) is 0 Å². The van der Waals surface area contributed by atoms with Crippen molar-refractivity contribution in [3.8, 4) is 5.69 Å². The zero-order chi connectivity index (χ0) is 11.7. The van der Waals surface area contributed by atoms with Gasteiger partial charge in [-0.1, -0.05) is 23.2 Å². The van der Waals surface area contributed by atoms with E-state index in [0.29, 0.717) is 21.4 Å². The molecule has 0 atom stereocenters. The Morgan fingerprint density at radius 3 is 2.69 bits per heavy atom. The maximum absolute atomic E-state index is 10.9. The normalized spacial score (nSPS) is 10.4. The average molecular weight is 255 g/mol. The molecule has 0 saturated heterocycles. The van der Waals surface area contributed by atoms with E-state index in [4.69, 9.17) is 23.2 Å². The Balaban J connectivity index is 2.58. The van der Waals surface area contributed by atoms with Crippen LogP contribution in [0.3, 0.4) is 0 Å². The number of carbonyl (C=O) groups excluding carboxylic acids is 1. The van der Waals surface area contributed by atoms with Crippen molar-refractivity contribution < 1.29 is 4.79 Å². The van der Waals surface area contributed by atoms with Gasteiger partial charge in [0.2, 0.25) is 0 Å². The lowest BCUT2D eigenvalue weighted by Crippen LogP contribution is -2.01. The Bertz CT molecular complexity index is 549. The van der Waals surface area contributed by atoms with E-state index in [2.05, 4.69) is 5.10 Å². The molecule has 0 aliphatic heterocycles. The van der Waals surface area contributed by atoms with Crippen LogP contribution in [0.5, 0.6) is 0 Å². The van der Waals surface area contributed by atoms with E-state index in [9.17, 15) is 4.79 Å². The van der Waals surface area contributed by atoms with Crippen molar-refractivity contribution in [2.45, 2.75) is 6.92 Å². The number of hydrogen-bond donors (Lipinski definition) is 0. The molecule has 3 nitrogen and oxygen atoms in total. The number of nitrogens with zero attached hydrogens (tertiary/aromatic N) is 2. The summed E-state index contributed by atoms with van der Waals surface area (Å²) in [4.78, 5) is 10.9. The summed E-state index contributed by atoms with van der Waals surface area (Å²) in [6, 6.07) is 5.10. The second kappa shape index (κ2) is 4.28. The Morgan fingerprint density at radius 2 is 2.06 bits per heavy atom. The standard InChI is InChI=1S/C11H8Cl2N2O/c1-7-5-14-15(11(7)6-16)8-2-3-9(12)10(13)4-8/h2-6H,1H3. The number of aromatic nitrogens is 2. The zero-order valence-electron chi connectivity index (χ0n) is 8.45. The van der Waals surface area contributed by atoms with E-state index in [1.54, 1.807) is 24.4 Å². The van der Waals surface area contributed by atoms with Crippen molar-refractivity contribution in [1.82, 2.24) is 9.78 Å². The molecule has 0 amide bonds. The highest BCUT2D eigenvalue weighted by atomic mass is 35.5. The topological polar surface area (TPSA) is 34.9 Å². The minimum atomic E-state index is 0.434. The monoisotopic (exact) mass is 254 g/mol. The van der Waals surface area contributed by atoms with Crippen LogP contribution in [0.4, 0.5) is 0 Å². The predicted molar refractivity (Wildman–Crippen MR) is 63.7 cm³/mol. The van der Waals surface area contributed by atoms with Crippen molar-refractivity contribution in [3.63, 3.8) is 0 Å². The van der Waals surface area contributed by atoms with Crippen molar-refractivity contribution >= 4 is 29.5 Å². The number of benzene rings is 1.